The zero-order valence-electron chi connectivity index (χ0n) is 11.9. The summed E-state index contributed by atoms with van der Waals surface area (Å²) in [6.07, 6.45) is 5.82. The Hall–Kier alpha value is -1.64. The van der Waals surface area contributed by atoms with Crippen LogP contribution in [0.25, 0.3) is 0 Å². The van der Waals surface area contributed by atoms with E-state index in [4.69, 9.17) is 0 Å². The minimum Gasteiger partial charge on any atom is -0.363 e. The molecule has 1 atom stereocenters. The van der Waals surface area contributed by atoms with Gasteiger partial charge < -0.3 is 5.32 Å². The first-order chi connectivity index (χ1) is 8.60. The second-order valence-electron chi connectivity index (χ2n) is 4.66. The molecule has 1 rings (SSSR count). The monoisotopic (exact) mass is 245 g/mol. The van der Waals surface area contributed by atoms with Gasteiger partial charge in [-0.15, -0.1) is 0 Å². The summed E-state index contributed by atoms with van der Waals surface area (Å²) in [5.74, 6) is 1.41. The molecule has 0 saturated carbocycles. The smallest absolute Gasteiger partial charge is 0.0992 e. The van der Waals surface area contributed by atoms with Gasteiger partial charge in [0.05, 0.1) is 11.9 Å². The van der Waals surface area contributed by atoms with Crippen LogP contribution in [0.4, 0.5) is 0 Å². The van der Waals surface area contributed by atoms with Gasteiger partial charge in [-0.3, -0.25) is 9.98 Å². The van der Waals surface area contributed by atoms with E-state index in [0.29, 0.717) is 5.92 Å². The van der Waals surface area contributed by atoms with Crippen LogP contribution in [0.3, 0.4) is 0 Å². The third kappa shape index (κ3) is 3.69. The fourth-order valence-corrected chi connectivity index (χ4v) is 1.81. The number of rotatable bonds is 4. The van der Waals surface area contributed by atoms with E-state index in [9.17, 15) is 0 Å². The summed E-state index contributed by atoms with van der Waals surface area (Å²) in [6.45, 7) is 8.46. The van der Waals surface area contributed by atoms with E-state index < -0.39 is 0 Å². The van der Waals surface area contributed by atoms with Crippen LogP contribution in [0.5, 0.6) is 0 Å². The lowest BCUT2D eigenvalue weighted by molar-refractivity contribution is 0.693. The van der Waals surface area contributed by atoms with Crippen molar-refractivity contribution >= 4 is 5.84 Å². The Bertz CT molecular complexity index is 419. The summed E-state index contributed by atoms with van der Waals surface area (Å²) in [7, 11) is 1.83. The number of allylic oxidation sites excluding steroid dienone is 1. The highest BCUT2D eigenvalue weighted by Gasteiger charge is 2.16. The molecule has 0 aliphatic rings. The number of hydrogen-bond acceptors (Lipinski definition) is 2. The lowest BCUT2D eigenvalue weighted by Crippen LogP contribution is -2.32. The molecule has 0 unspecified atom stereocenters. The molecule has 1 heterocycles. The van der Waals surface area contributed by atoms with Crippen LogP contribution >= 0.6 is 0 Å². The lowest BCUT2D eigenvalue weighted by atomic mass is 10.00. The number of aliphatic imine (C=N–C) groups is 1. The minimum atomic E-state index is 0.143. The highest BCUT2D eigenvalue weighted by atomic mass is 15.0. The molecule has 0 aliphatic heterocycles. The maximum atomic E-state index is 4.33. The van der Waals surface area contributed by atoms with Crippen molar-refractivity contribution in [3.8, 4) is 0 Å². The van der Waals surface area contributed by atoms with Gasteiger partial charge in [-0.1, -0.05) is 31.6 Å². The number of hydrogen-bond donors (Lipinski definition) is 1. The van der Waals surface area contributed by atoms with Crippen molar-refractivity contribution in [2.75, 3.05) is 7.05 Å². The van der Waals surface area contributed by atoms with Crippen molar-refractivity contribution in [2.45, 2.75) is 33.7 Å². The van der Waals surface area contributed by atoms with Gasteiger partial charge in [0.15, 0.2) is 0 Å². The minimum absolute atomic E-state index is 0.143. The molecular weight excluding hydrogens is 222 g/mol. The highest BCUT2D eigenvalue weighted by molar-refractivity contribution is 5.84. The molecule has 3 nitrogen and oxygen atoms in total. The molecule has 1 N–H and O–H groups in total. The van der Waals surface area contributed by atoms with Gasteiger partial charge in [0.25, 0.3) is 0 Å². The summed E-state index contributed by atoms with van der Waals surface area (Å²) in [6, 6.07) is 4.20. The second-order valence-corrected chi connectivity index (χ2v) is 4.66. The van der Waals surface area contributed by atoms with E-state index in [0.717, 1.165) is 11.4 Å². The number of pyridine rings is 1. The molecule has 0 aliphatic carbocycles. The summed E-state index contributed by atoms with van der Waals surface area (Å²) >= 11 is 0. The quantitative estimate of drug-likeness (QED) is 0.502. The van der Waals surface area contributed by atoms with Crippen LogP contribution in [-0.2, 0) is 0 Å². The molecule has 1 aromatic rings. The predicted molar refractivity (Wildman–Crippen MR) is 77.7 cm³/mol. The summed E-state index contributed by atoms with van der Waals surface area (Å²) in [5, 5.41) is 3.51. The van der Waals surface area contributed by atoms with E-state index in [1.807, 2.05) is 19.3 Å². The summed E-state index contributed by atoms with van der Waals surface area (Å²) in [4.78, 5) is 8.52. The van der Waals surface area contributed by atoms with Gasteiger partial charge in [0.2, 0.25) is 0 Å². The van der Waals surface area contributed by atoms with Crippen LogP contribution in [0.1, 0.15) is 39.3 Å². The molecule has 18 heavy (non-hydrogen) atoms. The van der Waals surface area contributed by atoms with E-state index >= 15 is 0 Å². The Kier molecular flexibility index (Phi) is 5.56. The molecule has 1 aromatic heterocycles. The number of aromatic nitrogens is 1. The zero-order chi connectivity index (χ0) is 13.5. The molecule has 0 amide bonds. The average molecular weight is 245 g/mol. The first-order valence-electron chi connectivity index (χ1n) is 6.36. The van der Waals surface area contributed by atoms with Crippen molar-refractivity contribution < 1.29 is 0 Å². The van der Waals surface area contributed by atoms with Crippen LogP contribution in [0, 0.1) is 5.92 Å². The molecule has 0 fully saturated rings. The molecule has 0 spiro atoms. The molecule has 98 valence electrons. The number of amidine groups is 1. The molecule has 0 saturated heterocycles. The Balaban J connectivity index is 3.01. The van der Waals surface area contributed by atoms with Crippen LogP contribution in [0.2, 0.25) is 0 Å². The molecule has 0 bridgehead atoms. The maximum absolute atomic E-state index is 4.33. The first-order valence-corrected chi connectivity index (χ1v) is 6.36. The fourth-order valence-electron chi connectivity index (χ4n) is 1.81. The molecular formula is C15H23N3. The van der Waals surface area contributed by atoms with Gasteiger partial charge in [0.1, 0.15) is 0 Å². The van der Waals surface area contributed by atoms with Crippen LogP contribution in [-0.4, -0.2) is 17.9 Å². The molecule has 3 heteroatoms. The van der Waals surface area contributed by atoms with Crippen LogP contribution in [0.15, 0.2) is 41.2 Å². The Morgan fingerprint density at radius 2 is 2.17 bits per heavy atom. The topological polar surface area (TPSA) is 37.3 Å². The van der Waals surface area contributed by atoms with Gasteiger partial charge in [-0.05, 0) is 25.5 Å². The summed E-state index contributed by atoms with van der Waals surface area (Å²) < 4.78 is 0. The third-order valence-corrected chi connectivity index (χ3v) is 3.01. The molecule has 0 radical (unpaired) electrons. The normalized spacial score (nSPS) is 14.8. The van der Waals surface area contributed by atoms with E-state index in [2.05, 4.69) is 55.1 Å². The predicted octanol–water partition coefficient (Wildman–Crippen LogP) is 3.36. The maximum Gasteiger partial charge on any atom is 0.0992 e. The lowest BCUT2D eigenvalue weighted by Gasteiger charge is -2.23. The number of nitrogens with one attached hydrogen (secondary N) is 1. The third-order valence-electron chi connectivity index (χ3n) is 3.01. The Labute approximate surface area is 110 Å². The van der Waals surface area contributed by atoms with Gasteiger partial charge in [-0.25, -0.2) is 0 Å². The van der Waals surface area contributed by atoms with E-state index in [1.54, 1.807) is 6.20 Å². The average Bonchev–Trinajstić information content (AvgIpc) is 2.39. The van der Waals surface area contributed by atoms with Crippen molar-refractivity contribution in [1.29, 1.82) is 0 Å². The fraction of sp³-hybridized carbons (Fsp3) is 0.467. The van der Waals surface area contributed by atoms with E-state index in [-0.39, 0.29) is 6.04 Å². The van der Waals surface area contributed by atoms with Crippen molar-refractivity contribution in [3.05, 3.63) is 41.7 Å². The van der Waals surface area contributed by atoms with Crippen molar-refractivity contribution in [2.24, 2.45) is 10.9 Å². The first kappa shape index (κ1) is 14.4. The van der Waals surface area contributed by atoms with E-state index in [1.165, 1.54) is 5.57 Å². The summed E-state index contributed by atoms with van der Waals surface area (Å²) in [5.41, 5.74) is 2.43. The van der Waals surface area contributed by atoms with Gasteiger partial charge in [0, 0.05) is 25.4 Å². The standard InChI is InChI=1S/C15H23N3/c1-6-12(4)14(13-8-7-9-17-10-13)18-15(16-5)11(2)3/h6-11,14H,1-5H3,(H,16,18)/b12-6+/t14-/m1/s1. The zero-order valence-corrected chi connectivity index (χ0v) is 11.9. The largest absolute Gasteiger partial charge is 0.363 e. The van der Waals surface area contributed by atoms with Crippen molar-refractivity contribution in [1.82, 2.24) is 10.3 Å². The molecule has 0 aromatic carbocycles. The Morgan fingerprint density at radius 3 is 2.61 bits per heavy atom. The van der Waals surface area contributed by atoms with Gasteiger partial charge in [-0.2, -0.15) is 0 Å². The Morgan fingerprint density at radius 1 is 1.44 bits per heavy atom. The number of nitrogens with zero attached hydrogens (tertiary/aromatic N) is 2. The SMILES string of the molecule is C/C=C(\C)[C@@H](NC(=NC)C(C)C)c1cccnc1. The highest BCUT2D eigenvalue weighted by Crippen LogP contribution is 2.21. The second kappa shape index (κ2) is 6.94. The van der Waals surface area contributed by atoms with Gasteiger partial charge >= 0.3 is 0 Å². The van der Waals surface area contributed by atoms with Crippen molar-refractivity contribution in [3.63, 3.8) is 0 Å². The van der Waals surface area contributed by atoms with Crippen LogP contribution < -0.4 is 5.32 Å².